The summed E-state index contributed by atoms with van der Waals surface area (Å²) >= 11 is 5.98. The van der Waals surface area contributed by atoms with Gasteiger partial charge in [-0.1, -0.05) is 23.7 Å². The standard InChI is InChI=1S/C24H19ClF3N3O3/c1-14-23(33)31(12-15-4-2-5-17(10-15)24(26,27)28)13-16-11-18(7-8-20(16)34-14)30-22(32)19-6-3-9-29-21(19)25/h2-11,14H,12-13H2,1H3,(H,30,32)/t14-/m0/s1. The Balaban J connectivity index is 1.58. The topological polar surface area (TPSA) is 71.5 Å². The molecule has 1 aliphatic heterocycles. The molecule has 2 heterocycles. The van der Waals surface area contributed by atoms with Gasteiger partial charge in [-0.2, -0.15) is 13.2 Å². The molecule has 0 fully saturated rings. The maximum absolute atomic E-state index is 13.1. The number of nitrogens with zero attached hydrogens (tertiary/aromatic N) is 2. The first kappa shape index (κ1) is 23.6. The van der Waals surface area contributed by atoms with Gasteiger partial charge < -0.3 is 15.0 Å². The van der Waals surface area contributed by atoms with Crippen LogP contribution in [0.15, 0.2) is 60.8 Å². The summed E-state index contributed by atoms with van der Waals surface area (Å²) in [5.41, 5.74) is 0.795. The molecule has 10 heteroatoms. The van der Waals surface area contributed by atoms with Crippen LogP contribution >= 0.6 is 11.6 Å². The average molecular weight is 490 g/mol. The van der Waals surface area contributed by atoms with Crippen molar-refractivity contribution in [3.8, 4) is 5.75 Å². The van der Waals surface area contributed by atoms with Crippen LogP contribution in [0.25, 0.3) is 0 Å². The second kappa shape index (κ2) is 9.34. The number of anilines is 1. The Morgan fingerprint density at radius 3 is 2.74 bits per heavy atom. The summed E-state index contributed by atoms with van der Waals surface area (Å²) in [7, 11) is 0. The minimum atomic E-state index is -4.48. The van der Waals surface area contributed by atoms with Gasteiger partial charge in [0.25, 0.3) is 11.8 Å². The molecule has 0 saturated heterocycles. The monoisotopic (exact) mass is 489 g/mol. The molecule has 0 radical (unpaired) electrons. The van der Waals surface area contributed by atoms with Crippen LogP contribution in [0.3, 0.4) is 0 Å². The van der Waals surface area contributed by atoms with Crippen molar-refractivity contribution in [2.75, 3.05) is 5.32 Å². The first-order chi connectivity index (χ1) is 16.1. The van der Waals surface area contributed by atoms with E-state index in [4.69, 9.17) is 16.3 Å². The first-order valence-electron chi connectivity index (χ1n) is 10.3. The summed E-state index contributed by atoms with van der Waals surface area (Å²) in [5.74, 6) is -0.371. The molecule has 1 aromatic heterocycles. The van der Waals surface area contributed by atoms with Crippen molar-refractivity contribution in [1.82, 2.24) is 9.88 Å². The van der Waals surface area contributed by atoms with E-state index in [1.165, 1.54) is 29.3 Å². The quantitative estimate of drug-likeness (QED) is 0.504. The number of ether oxygens (including phenoxy) is 1. The minimum absolute atomic E-state index is 0.0300. The van der Waals surface area contributed by atoms with Crippen LogP contribution < -0.4 is 10.1 Å². The SMILES string of the molecule is C[C@@H]1Oc2ccc(NC(=O)c3cccnc3Cl)cc2CN(Cc2cccc(C(F)(F)F)c2)C1=O. The molecule has 0 unspecified atom stereocenters. The van der Waals surface area contributed by atoms with E-state index in [0.717, 1.165) is 12.1 Å². The molecule has 176 valence electrons. The van der Waals surface area contributed by atoms with Crippen molar-refractivity contribution < 1.29 is 27.5 Å². The van der Waals surface area contributed by atoms with E-state index >= 15 is 0 Å². The van der Waals surface area contributed by atoms with Gasteiger partial charge in [0, 0.05) is 30.5 Å². The van der Waals surface area contributed by atoms with Gasteiger partial charge >= 0.3 is 6.18 Å². The lowest BCUT2D eigenvalue weighted by Crippen LogP contribution is -2.37. The number of alkyl halides is 3. The number of hydrogen-bond donors (Lipinski definition) is 1. The highest BCUT2D eigenvalue weighted by Gasteiger charge is 2.32. The van der Waals surface area contributed by atoms with Crippen molar-refractivity contribution in [3.63, 3.8) is 0 Å². The second-order valence-electron chi connectivity index (χ2n) is 7.77. The number of pyridine rings is 1. The molecule has 34 heavy (non-hydrogen) atoms. The molecule has 1 N–H and O–H groups in total. The summed E-state index contributed by atoms with van der Waals surface area (Å²) in [6, 6.07) is 12.9. The number of benzene rings is 2. The molecule has 4 rings (SSSR count). The van der Waals surface area contributed by atoms with E-state index < -0.39 is 23.8 Å². The summed E-state index contributed by atoms with van der Waals surface area (Å²) in [6.45, 7) is 1.64. The van der Waals surface area contributed by atoms with Crippen molar-refractivity contribution >= 4 is 29.1 Å². The van der Waals surface area contributed by atoms with Crippen LogP contribution in [0.1, 0.15) is 34.0 Å². The first-order valence-corrected chi connectivity index (χ1v) is 10.7. The molecular weight excluding hydrogens is 471 g/mol. The average Bonchev–Trinajstić information content (AvgIpc) is 2.90. The third kappa shape index (κ3) is 5.14. The van der Waals surface area contributed by atoms with E-state index in [2.05, 4.69) is 10.3 Å². The number of amides is 2. The zero-order valence-electron chi connectivity index (χ0n) is 17.9. The molecule has 0 spiro atoms. The molecule has 0 bridgehead atoms. The molecule has 0 aliphatic carbocycles. The fourth-order valence-electron chi connectivity index (χ4n) is 3.63. The third-order valence-corrected chi connectivity index (χ3v) is 5.58. The van der Waals surface area contributed by atoms with Gasteiger partial charge in [-0.15, -0.1) is 0 Å². The van der Waals surface area contributed by atoms with Crippen LogP contribution in [-0.2, 0) is 24.1 Å². The van der Waals surface area contributed by atoms with Gasteiger partial charge in [0.1, 0.15) is 10.9 Å². The fraction of sp³-hybridized carbons (Fsp3) is 0.208. The van der Waals surface area contributed by atoms with Crippen molar-refractivity contribution in [1.29, 1.82) is 0 Å². The van der Waals surface area contributed by atoms with E-state index in [1.807, 2.05) is 0 Å². The maximum Gasteiger partial charge on any atom is 0.416 e. The van der Waals surface area contributed by atoms with E-state index in [9.17, 15) is 22.8 Å². The number of carbonyl (C=O) groups excluding carboxylic acids is 2. The number of carbonyl (C=O) groups is 2. The molecule has 6 nitrogen and oxygen atoms in total. The Bertz CT molecular complexity index is 1250. The highest BCUT2D eigenvalue weighted by atomic mass is 35.5. The molecule has 1 aliphatic rings. The number of nitrogens with one attached hydrogen (secondary N) is 1. The van der Waals surface area contributed by atoms with Crippen LogP contribution in [-0.4, -0.2) is 27.8 Å². The third-order valence-electron chi connectivity index (χ3n) is 5.27. The summed E-state index contributed by atoms with van der Waals surface area (Å²) in [4.78, 5) is 30.8. The van der Waals surface area contributed by atoms with Gasteiger partial charge in [0.2, 0.25) is 0 Å². The number of aromatic nitrogens is 1. The van der Waals surface area contributed by atoms with Crippen LogP contribution in [0.4, 0.5) is 18.9 Å². The van der Waals surface area contributed by atoms with Crippen LogP contribution in [0.2, 0.25) is 5.15 Å². The van der Waals surface area contributed by atoms with Gasteiger partial charge in [0.15, 0.2) is 6.10 Å². The van der Waals surface area contributed by atoms with Crippen molar-refractivity contribution in [2.24, 2.45) is 0 Å². The molecular formula is C24H19ClF3N3O3. The highest BCUT2D eigenvalue weighted by Crippen LogP contribution is 2.32. The lowest BCUT2D eigenvalue weighted by molar-refractivity contribution is -0.138. The van der Waals surface area contributed by atoms with Gasteiger partial charge in [-0.3, -0.25) is 9.59 Å². The van der Waals surface area contributed by atoms with Crippen molar-refractivity contribution in [3.05, 3.63) is 88.2 Å². The van der Waals surface area contributed by atoms with Gasteiger partial charge in [-0.25, -0.2) is 4.98 Å². The Morgan fingerprint density at radius 1 is 1.21 bits per heavy atom. The van der Waals surface area contributed by atoms with E-state index in [1.54, 1.807) is 31.2 Å². The highest BCUT2D eigenvalue weighted by molar-refractivity contribution is 6.33. The van der Waals surface area contributed by atoms with Crippen molar-refractivity contribution in [2.45, 2.75) is 32.3 Å². The number of halogens is 4. The van der Waals surface area contributed by atoms with Gasteiger partial charge in [0.05, 0.1) is 11.1 Å². The lowest BCUT2D eigenvalue weighted by atomic mass is 10.1. The predicted molar refractivity (Wildman–Crippen MR) is 119 cm³/mol. The minimum Gasteiger partial charge on any atom is -0.481 e. The zero-order chi connectivity index (χ0) is 24.5. The largest absolute Gasteiger partial charge is 0.481 e. The molecule has 1 atom stereocenters. The Morgan fingerprint density at radius 2 is 2.00 bits per heavy atom. The second-order valence-corrected chi connectivity index (χ2v) is 8.13. The zero-order valence-corrected chi connectivity index (χ0v) is 18.7. The number of hydrogen-bond acceptors (Lipinski definition) is 4. The Kier molecular flexibility index (Phi) is 6.47. The lowest BCUT2D eigenvalue weighted by Gasteiger charge is -2.22. The van der Waals surface area contributed by atoms with Crippen LogP contribution in [0.5, 0.6) is 5.75 Å². The van der Waals surface area contributed by atoms with E-state index in [0.29, 0.717) is 22.6 Å². The summed E-state index contributed by atoms with van der Waals surface area (Å²) in [6.07, 6.45) is -3.84. The molecule has 2 amide bonds. The fourth-order valence-corrected chi connectivity index (χ4v) is 3.84. The maximum atomic E-state index is 13.1. The predicted octanol–water partition coefficient (Wildman–Crippen LogP) is 5.32. The molecule has 3 aromatic rings. The normalized spacial score (nSPS) is 15.9. The number of rotatable bonds is 4. The number of fused-ring (bicyclic) bond motifs is 1. The molecule has 0 saturated carbocycles. The van der Waals surface area contributed by atoms with Crippen LogP contribution in [0, 0.1) is 0 Å². The Labute approximate surface area is 198 Å². The summed E-state index contributed by atoms with van der Waals surface area (Å²) < 4.78 is 45.1. The molecule has 2 aromatic carbocycles. The summed E-state index contributed by atoms with van der Waals surface area (Å²) in [5, 5.41) is 2.79. The smallest absolute Gasteiger partial charge is 0.416 e. The van der Waals surface area contributed by atoms with E-state index in [-0.39, 0.29) is 29.7 Å². The Hall–Kier alpha value is -3.59. The van der Waals surface area contributed by atoms with Gasteiger partial charge in [-0.05, 0) is 55.0 Å².